The lowest BCUT2D eigenvalue weighted by atomic mass is 10.1. The lowest BCUT2D eigenvalue weighted by molar-refractivity contribution is 0.0924. The van der Waals surface area contributed by atoms with Crippen LogP contribution in [0.1, 0.15) is 21.7 Å². The molecule has 0 saturated heterocycles. The highest BCUT2D eigenvalue weighted by molar-refractivity contribution is 9.10. The zero-order chi connectivity index (χ0) is 15.7. The Morgan fingerprint density at radius 1 is 1.27 bits per heavy atom. The topological polar surface area (TPSA) is 42.2 Å². The van der Waals surface area contributed by atoms with Crippen LogP contribution in [0.5, 0.6) is 0 Å². The van der Waals surface area contributed by atoms with Gasteiger partial charge in [0.15, 0.2) is 5.76 Å². The minimum Gasteiger partial charge on any atom is -0.451 e. The van der Waals surface area contributed by atoms with Gasteiger partial charge >= 0.3 is 0 Å². The summed E-state index contributed by atoms with van der Waals surface area (Å²) in [6, 6.07) is 13.1. The Hall–Kier alpha value is -1.78. The fraction of sp³-hybridized carbons (Fsp3) is 0.118. The van der Waals surface area contributed by atoms with Gasteiger partial charge in [-0.15, -0.1) is 0 Å². The van der Waals surface area contributed by atoms with E-state index in [9.17, 15) is 4.79 Å². The average Bonchev–Trinajstić information content (AvgIpc) is 2.83. The van der Waals surface area contributed by atoms with E-state index in [1.165, 1.54) is 0 Å². The highest BCUT2D eigenvalue weighted by atomic mass is 79.9. The molecule has 1 amide bonds. The molecule has 0 saturated carbocycles. The van der Waals surface area contributed by atoms with E-state index in [1.807, 2.05) is 43.3 Å². The van der Waals surface area contributed by atoms with Crippen molar-refractivity contribution in [3.63, 3.8) is 0 Å². The Bertz CT molecular complexity index is 857. The fourth-order valence-electron chi connectivity index (χ4n) is 2.31. The highest BCUT2D eigenvalue weighted by Crippen LogP contribution is 2.28. The smallest absolute Gasteiger partial charge is 0.287 e. The van der Waals surface area contributed by atoms with Crippen LogP contribution in [0, 0.1) is 6.92 Å². The first kappa shape index (κ1) is 15.1. The van der Waals surface area contributed by atoms with Crippen molar-refractivity contribution < 1.29 is 9.21 Å². The van der Waals surface area contributed by atoms with Gasteiger partial charge in [-0.3, -0.25) is 4.79 Å². The van der Waals surface area contributed by atoms with Crippen LogP contribution in [0.4, 0.5) is 0 Å². The van der Waals surface area contributed by atoms with Crippen LogP contribution >= 0.6 is 27.5 Å². The molecule has 0 atom stereocenters. The lowest BCUT2D eigenvalue weighted by Gasteiger charge is -2.05. The van der Waals surface area contributed by atoms with E-state index < -0.39 is 0 Å². The SMILES string of the molecule is Cc1c(C(=O)NCc2ccccc2Cl)oc2ccc(Br)cc12. The summed E-state index contributed by atoms with van der Waals surface area (Å²) in [5.41, 5.74) is 2.39. The van der Waals surface area contributed by atoms with E-state index in [1.54, 1.807) is 6.07 Å². The third kappa shape index (κ3) is 2.89. The van der Waals surface area contributed by atoms with E-state index in [0.29, 0.717) is 22.9 Å². The molecule has 0 fully saturated rings. The normalized spacial score (nSPS) is 10.9. The van der Waals surface area contributed by atoms with Crippen molar-refractivity contribution in [2.45, 2.75) is 13.5 Å². The third-order valence-electron chi connectivity index (χ3n) is 3.50. The van der Waals surface area contributed by atoms with Gasteiger partial charge < -0.3 is 9.73 Å². The van der Waals surface area contributed by atoms with Gasteiger partial charge in [0.05, 0.1) is 0 Å². The number of benzene rings is 2. The number of rotatable bonds is 3. The maximum atomic E-state index is 12.3. The molecule has 3 nitrogen and oxygen atoms in total. The molecule has 0 radical (unpaired) electrons. The van der Waals surface area contributed by atoms with Gasteiger partial charge in [0, 0.05) is 27.0 Å². The molecule has 22 heavy (non-hydrogen) atoms. The number of amides is 1. The third-order valence-corrected chi connectivity index (χ3v) is 4.36. The summed E-state index contributed by atoms with van der Waals surface area (Å²) in [6.45, 7) is 2.24. The van der Waals surface area contributed by atoms with Gasteiger partial charge in [-0.05, 0) is 36.8 Å². The van der Waals surface area contributed by atoms with Gasteiger partial charge in [-0.1, -0.05) is 45.7 Å². The predicted octanol–water partition coefficient (Wildman–Crippen LogP) is 5.09. The monoisotopic (exact) mass is 377 g/mol. The molecule has 2 aromatic carbocycles. The summed E-state index contributed by atoms with van der Waals surface area (Å²) in [5.74, 6) is 0.0879. The number of hydrogen-bond acceptors (Lipinski definition) is 2. The van der Waals surface area contributed by atoms with Crippen LogP contribution in [0.3, 0.4) is 0 Å². The number of aryl methyl sites for hydroxylation is 1. The quantitative estimate of drug-likeness (QED) is 0.690. The van der Waals surface area contributed by atoms with Crippen LogP contribution in [0.2, 0.25) is 5.02 Å². The molecular formula is C17H13BrClNO2. The standard InChI is InChI=1S/C17H13BrClNO2/c1-10-13-8-12(18)6-7-15(13)22-16(10)17(21)20-9-11-4-2-3-5-14(11)19/h2-8H,9H2,1H3,(H,20,21). The predicted molar refractivity (Wildman–Crippen MR) is 91.3 cm³/mol. The van der Waals surface area contributed by atoms with E-state index in [0.717, 1.165) is 21.0 Å². The second-order valence-electron chi connectivity index (χ2n) is 4.97. The Balaban J connectivity index is 1.83. The molecule has 3 rings (SSSR count). The van der Waals surface area contributed by atoms with E-state index in [4.69, 9.17) is 16.0 Å². The van der Waals surface area contributed by atoms with Crippen LogP contribution in [0.15, 0.2) is 51.4 Å². The first-order chi connectivity index (χ1) is 10.6. The van der Waals surface area contributed by atoms with E-state index in [-0.39, 0.29) is 5.91 Å². The fourth-order valence-corrected chi connectivity index (χ4v) is 2.87. The molecule has 0 aliphatic carbocycles. The summed E-state index contributed by atoms with van der Waals surface area (Å²) in [7, 11) is 0. The first-order valence-electron chi connectivity index (χ1n) is 6.76. The van der Waals surface area contributed by atoms with Gasteiger partial charge in [0.1, 0.15) is 5.58 Å². The Morgan fingerprint density at radius 2 is 2.05 bits per heavy atom. The van der Waals surface area contributed by atoms with E-state index in [2.05, 4.69) is 21.2 Å². The zero-order valence-corrected chi connectivity index (χ0v) is 14.2. The van der Waals surface area contributed by atoms with Crippen molar-refractivity contribution in [2.75, 3.05) is 0 Å². The molecule has 0 aliphatic heterocycles. The lowest BCUT2D eigenvalue weighted by Crippen LogP contribution is -2.23. The number of carbonyl (C=O) groups is 1. The molecule has 0 bridgehead atoms. The summed E-state index contributed by atoms with van der Waals surface area (Å²) >= 11 is 9.51. The van der Waals surface area contributed by atoms with Crippen molar-refractivity contribution in [2.24, 2.45) is 0 Å². The Kier molecular flexibility index (Phi) is 4.23. The molecule has 1 heterocycles. The van der Waals surface area contributed by atoms with Gasteiger partial charge in [0.2, 0.25) is 0 Å². The number of nitrogens with one attached hydrogen (secondary N) is 1. The van der Waals surface area contributed by atoms with Gasteiger partial charge in [-0.2, -0.15) is 0 Å². The summed E-state index contributed by atoms with van der Waals surface area (Å²) < 4.78 is 6.62. The van der Waals surface area contributed by atoms with Crippen molar-refractivity contribution in [3.05, 3.63) is 68.8 Å². The molecule has 1 N–H and O–H groups in total. The minimum atomic E-state index is -0.246. The van der Waals surface area contributed by atoms with Crippen molar-refractivity contribution in [1.29, 1.82) is 0 Å². The number of hydrogen-bond donors (Lipinski definition) is 1. The van der Waals surface area contributed by atoms with Gasteiger partial charge in [0.25, 0.3) is 5.91 Å². The zero-order valence-electron chi connectivity index (χ0n) is 11.8. The molecule has 0 spiro atoms. The second-order valence-corrected chi connectivity index (χ2v) is 6.29. The number of furan rings is 1. The summed E-state index contributed by atoms with van der Waals surface area (Å²) in [6.07, 6.45) is 0. The minimum absolute atomic E-state index is 0.246. The summed E-state index contributed by atoms with van der Waals surface area (Å²) in [4.78, 5) is 12.3. The molecular weight excluding hydrogens is 366 g/mol. The van der Waals surface area contributed by atoms with E-state index >= 15 is 0 Å². The van der Waals surface area contributed by atoms with Crippen LogP contribution in [-0.4, -0.2) is 5.91 Å². The molecule has 1 aromatic heterocycles. The van der Waals surface area contributed by atoms with Crippen LogP contribution < -0.4 is 5.32 Å². The Morgan fingerprint density at radius 3 is 2.82 bits per heavy atom. The molecule has 5 heteroatoms. The Labute approximate surface area is 141 Å². The molecule has 0 unspecified atom stereocenters. The highest BCUT2D eigenvalue weighted by Gasteiger charge is 2.17. The van der Waals surface area contributed by atoms with Crippen molar-refractivity contribution >= 4 is 44.4 Å². The number of fused-ring (bicyclic) bond motifs is 1. The van der Waals surface area contributed by atoms with Crippen LogP contribution in [-0.2, 0) is 6.54 Å². The number of carbonyl (C=O) groups excluding carboxylic acids is 1. The first-order valence-corrected chi connectivity index (χ1v) is 7.93. The molecule has 112 valence electrons. The van der Waals surface area contributed by atoms with Crippen molar-refractivity contribution in [3.8, 4) is 0 Å². The van der Waals surface area contributed by atoms with Crippen LogP contribution in [0.25, 0.3) is 11.0 Å². The molecule has 0 aliphatic rings. The summed E-state index contributed by atoms with van der Waals surface area (Å²) in [5, 5.41) is 4.40. The molecule has 3 aromatic rings. The average molecular weight is 379 g/mol. The van der Waals surface area contributed by atoms with Crippen molar-refractivity contribution in [1.82, 2.24) is 5.32 Å². The number of halogens is 2. The largest absolute Gasteiger partial charge is 0.451 e. The van der Waals surface area contributed by atoms with Gasteiger partial charge in [-0.25, -0.2) is 0 Å². The maximum Gasteiger partial charge on any atom is 0.287 e. The second kappa shape index (κ2) is 6.15. The maximum absolute atomic E-state index is 12.3.